The Morgan fingerprint density at radius 1 is 0.525 bits per heavy atom. The molecule has 0 heterocycles. The third kappa shape index (κ3) is 45.8. The van der Waals surface area contributed by atoms with Gasteiger partial charge in [0.25, 0.3) is 0 Å². The van der Waals surface area contributed by atoms with Gasteiger partial charge in [-0.05, 0) is 77.0 Å². The van der Waals surface area contributed by atoms with Crippen LogP contribution in [0.25, 0.3) is 0 Å². The summed E-state index contributed by atoms with van der Waals surface area (Å²) in [5.41, 5.74) is 5.37. The number of ether oxygens (including phenoxy) is 2. The minimum absolute atomic E-state index is 0.00952. The van der Waals surface area contributed by atoms with E-state index in [0.717, 1.165) is 70.6 Å². The van der Waals surface area contributed by atoms with Gasteiger partial charge >= 0.3 is 19.8 Å². The molecule has 11 heteroatoms. The first kappa shape index (κ1) is 58.9. The topological polar surface area (TPSA) is 155 Å². The lowest BCUT2D eigenvalue weighted by molar-refractivity contribution is -0.154. The van der Waals surface area contributed by atoms with Crippen LogP contribution in [0.5, 0.6) is 0 Å². The molecule has 0 radical (unpaired) electrons. The first-order chi connectivity index (χ1) is 29.7. The molecule has 3 unspecified atom stereocenters. The second-order valence-corrected chi connectivity index (χ2v) is 18.0. The van der Waals surface area contributed by atoms with Gasteiger partial charge in [0.1, 0.15) is 12.1 Å². The van der Waals surface area contributed by atoms with Gasteiger partial charge in [-0.15, -0.1) is 0 Å². The normalized spacial score (nSPS) is 14.2. The number of rotatable bonds is 47. The molecule has 0 aliphatic rings. The largest absolute Gasteiger partial charge is 0.480 e. The molecule has 0 rings (SSSR count). The van der Waals surface area contributed by atoms with Crippen molar-refractivity contribution in [1.82, 2.24) is 0 Å². The van der Waals surface area contributed by atoms with E-state index in [1.54, 1.807) is 0 Å². The zero-order valence-corrected chi connectivity index (χ0v) is 39.9. The monoisotopic (exact) mass is 882 g/mol. The van der Waals surface area contributed by atoms with Crippen molar-refractivity contribution in [3.05, 3.63) is 48.6 Å². The number of carbonyl (C=O) groups excluding carboxylic acids is 1. The van der Waals surface area contributed by atoms with Crippen molar-refractivity contribution >= 4 is 19.8 Å². The van der Waals surface area contributed by atoms with E-state index < -0.39 is 45.1 Å². The van der Waals surface area contributed by atoms with Crippen LogP contribution in [0.4, 0.5) is 0 Å². The highest BCUT2D eigenvalue weighted by Crippen LogP contribution is 2.43. The van der Waals surface area contributed by atoms with E-state index in [9.17, 15) is 19.0 Å². The van der Waals surface area contributed by atoms with Crippen LogP contribution in [0.1, 0.15) is 219 Å². The number of hydrogen-bond acceptors (Lipinski definition) is 8. The van der Waals surface area contributed by atoms with Crippen LogP contribution in [0.3, 0.4) is 0 Å². The fourth-order valence-electron chi connectivity index (χ4n) is 6.72. The molecule has 0 aromatic carbocycles. The molecule has 0 saturated carbocycles. The molecule has 4 N–H and O–H groups in total. The summed E-state index contributed by atoms with van der Waals surface area (Å²) in [7, 11) is -4.62. The molecule has 3 atom stereocenters. The van der Waals surface area contributed by atoms with Gasteiger partial charge in [-0.1, -0.05) is 184 Å². The van der Waals surface area contributed by atoms with Crippen molar-refractivity contribution < 1.29 is 42.7 Å². The van der Waals surface area contributed by atoms with Gasteiger partial charge in [0, 0.05) is 13.0 Å². The van der Waals surface area contributed by atoms with E-state index in [1.807, 2.05) is 0 Å². The molecule has 356 valence electrons. The van der Waals surface area contributed by atoms with Gasteiger partial charge < -0.3 is 25.2 Å². The number of aliphatic carboxylic acids is 1. The molecule has 0 saturated heterocycles. The lowest BCUT2D eigenvalue weighted by atomic mass is 10.1. The number of unbranched alkanes of at least 4 members (excludes halogenated alkanes) is 25. The summed E-state index contributed by atoms with van der Waals surface area (Å²) < 4.78 is 33.4. The Hall–Kier alpha value is -2.07. The van der Waals surface area contributed by atoms with Crippen LogP contribution in [0, 0.1) is 0 Å². The minimum Gasteiger partial charge on any atom is -0.480 e. The van der Waals surface area contributed by atoms with E-state index in [0.29, 0.717) is 13.0 Å². The van der Waals surface area contributed by atoms with E-state index in [2.05, 4.69) is 62.5 Å². The third-order valence-electron chi connectivity index (χ3n) is 10.6. The zero-order chi connectivity index (χ0) is 44.8. The average Bonchev–Trinajstić information content (AvgIpc) is 3.24. The van der Waals surface area contributed by atoms with Crippen LogP contribution in [-0.4, -0.2) is 60.5 Å². The van der Waals surface area contributed by atoms with Gasteiger partial charge in [0.05, 0.1) is 19.8 Å². The number of nitrogens with two attached hydrogens (primary N) is 1. The predicted octanol–water partition coefficient (Wildman–Crippen LogP) is 14.2. The second-order valence-electron chi connectivity index (χ2n) is 16.6. The number of esters is 1. The molecule has 61 heavy (non-hydrogen) atoms. The number of allylic oxidation sites excluding steroid dienone is 8. The fourth-order valence-corrected chi connectivity index (χ4v) is 7.50. The highest BCUT2D eigenvalue weighted by Gasteiger charge is 2.27. The Labute approximate surface area is 373 Å². The molecule has 0 aromatic rings. The summed E-state index contributed by atoms with van der Waals surface area (Å²) >= 11 is 0. The molecule has 0 aliphatic carbocycles. The number of carboxylic acids is 1. The number of hydrogen-bond donors (Lipinski definition) is 3. The first-order valence-corrected chi connectivity index (χ1v) is 26.2. The molecule has 10 nitrogen and oxygen atoms in total. The average molecular weight is 882 g/mol. The second kappa shape index (κ2) is 45.9. The first-order valence-electron chi connectivity index (χ1n) is 24.7. The molecule has 0 aliphatic heterocycles. The predicted molar refractivity (Wildman–Crippen MR) is 254 cm³/mol. The van der Waals surface area contributed by atoms with Crippen LogP contribution in [0.15, 0.2) is 48.6 Å². The maximum absolute atomic E-state index is 12.7. The maximum Gasteiger partial charge on any atom is 0.472 e. The fraction of sp³-hybridized carbons (Fsp3) is 0.800. The van der Waals surface area contributed by atoms with Crippen LogP contribution in [-0.2, 0) is 32.7 Å². The van der Waals surface area contributed by atoms with Gasteiger partial charge in [-0.3, -0.25) is 18.6 Å². The maximum atomic E-state index is 12.7. The number of carboxylic acid groups (broad SMARTS) is 1. The molecule has 0 spiro atoms. The third-order valence-corrected chi connectivity index (χ3v) is 11.5. The Kier molecular flexibility index (Phi) is 44.4. The standard InChI is InChI=1S/C50H92NO9P/c1-3-5-7-9-11-13-15-17-19-20-21-22-23-24-25-26-27-29-31-33-35-37-39-41-43-57-44-47(45-58-61(55,56)59-46-48(51)50(53)54)60-49(52)42-40-38-36-34-32-30-28-18-16-14-12-10-8-6-4-2/h15,17-18,20-21,23-24,28,47-48H,3-14,16,19,22,25-27,29-46,51H2,1-2H3,(H,53,54)(H,55,56)/b17-15-,21-20-,24-23-,28-18-. The molecule has 0 bridgehead atoms. The minimum atomic E-state index is -4.62. The molecule has 0 aromatic heterocycles. The van der Waals surface area contributed by atoms with Crippen LogP contribution >= 0.6 is 7.82 Å². The Balaban J connectivity index is 4.16. The number of phosphoric ester groups is 1. The van der Waals surface area contributed by atoms with Crippen molar-refractivity contribution in [1.29, 1.82) is 0 Å². The van der Waals surface area contributed by atoms with E-state index >= 15 is 0 Å². The molecule has 0 amide bonds. The lowest BCUT2D eigenvalue weighted by Crippen LogP contribution is -2.34. The summed E-state index contributed by atoms with van der Waals surface area (Å²) in [4.78, 5) is 33.6. The SMILES string of the molecule is CCCCCCC/C=C\C/C=C\C/C=C\CCCCCCCCCCCOCC(COP(=O)(O)OCC(N)C(=O)O)OC(=O)CCCCCCC/C=C\CCCCCCCC. The zero-order valence-electron chi connectivity index (χ0n) is 39.0. The Morgan fingerprint density at radius 2 is 0.902 bits per heavy atom. The Morgan fingerprint density at radius 3 is 1.36 bits per heavy atom. The van der Waals surface area contributed by atoms with E-state index in [1.165, 1.54) is 122 Å². The quantitative estimate of drug-likeness (QED) is 0.0233. The van der Waals surface area contributed by atoms with Crippen molar-refractivity contribution in [3.63, 3.8) is 0 Å². The van der Waals surface area contributed by atoms with Gasteiger partial charge in [0.2, 0.25) is 0 Å². The summed E-state index contributed by atoms with van der Waals surface area (Å²) in [5, 5.41) is 8.92. The summed E-state index contributed by atoms with van der Waals surface area (Å²) in [6.07, 6.45) is 54.5. The number of phosphoric acid groups is 1. The Bertz CT molecular complexity index is 1160. The van der Waals surface area contributed by atoms with Crippen LogP contribution in [0.2, 0.25) is 0 Å². The summed E-state index contributed by atoms with van der Waals surface area (Å²) in [6, 6.07) is -1.48. The van der Waals surface area contributed by atoms with Gasteiger partial charge in [-0.25, -0.2) is 4.57 Å². The van der Waals surface area contributed by atoms with E-state index in [-0.39, 0.29) is 13.0 Å². The number of carbonyl (C=O) groups is 2. The van der Waals surface area contributed by atoms with Gasteiger partial charge in [-0.2, -0.15) is 0 Å². The molecular weight excluding hydrogens is 790 g/mol. The van der Waals surface area contributed by atoms with Crippen molar-refractivity contribution in [2.75, 3.05) is 26.4 Å². The lowest BCUT2D eigenvalue weighted by Gasteiger charge is -2.20. The summed E-state index contributed by atoms with van der Waals surface area (Å²) in [6.45, 7) is 3.86. The van der Waals surface area contributed by atoms with Gasteiger partial charge in [0.15, 0.2) is 0 Å². The molecule has 0 fully saturated rings. The highest BCUT2D eigenvalue weighted by atomic mass is 31.2. The van der Waals surface area contributed by atoms with E-state index in [4.69, 9.17) is 29.4 Å². The molecular formula is C50H92NO9P. The van der Waals surface area contributed by atoms with Crippen molar-refractivity contribution in [2.45, 2.75) is 231 Å². The van der Waals surface area contributed by atoms with Crippen LogP contribution < -0.4 is 5.73 Å². The highest BCUT2D eigenvalue weighted by molar-refractivity contribution is 7.47. The van der Waals surface area contributed by atoms with Crippen molar-refractivity contribution in [2.24, 2.45) is 5.73 Å². The van der Waals surface area contributed by atoms with Crippen molar-refractivity contribution in [3.8, 4) is 0 Å². The smallest absolute Gasteiger partial charge is 0.472 e. The summed E-state index contributed by atoms with van der Waals surface area (Å²) in [5.74, 6) is -1.79.